The molecular weight excluding hydrogens is 372 g/mol. The molecule has 6 nitrogen and oxygen atoms in total. The number of methoxy groups -OCH3 is 2. The van der Waals surface area contributed by atoms with Crippen LogP contribution in [0, 0.1) is 5.41 Å². The number of hydrogen-bond donors (Lipinski definition) is 0. The van der Waals surface area contributed by atoms with E-state index in [0.29, 0.717) is 6.42 Å². The molecule has 0 aromatic heterocycles. The highest BCUT2D eigenvalue weighted by Crippen LogP contribution is 2.63. The summed E-state index contributed by atoms with van der Waals surface area (Å²) in [6, 6.07) is 7.87. The van der Waals surface area contributed by atoms with E-state index < -0.39 is 23.5 Å². The van der Waals surface area contributed by atoms with Gasteiger partial charge in [-0.3, -0.25) is 4.79 Å². The third-order valence-corrected chi connectivity index (χ3v) is 5.73. The molecule has 3 atom stereocenters. The topological polar surface area (TPSA) is 78.9 Å². The van der Waals surface area contributed by atoms with Crippen LogP contribution in [0.4, 0.5) is 0 Å². The van der Waals surface area contributed by atoms with Gasteiger partial charge in [-0.2, -0.15) is 0 Å². The van der Waals surface area contributed by atoms with Crippen molar-refractivity contribution in [1.82, 2.24) is 0 Å². The number of rotatable bonds is 4. The molecule has 4 aliphatic rings. The van der Waals surface area contributed by atoms with Gasteiger partial charge >= 0.3 is 17.9 Å². The summed E-state index contributed by atoms with van der Waals surface area (Å²) in [5, 5.41) is 0. The molecule has 1 unspecified atom stereocenters. The number of carbonyl (C=O) groups excluding carboxylic acids is 3. The van der Waals surface area contributed by atoms with E-state index in [1.165, 1.54) is 26.4 Å². The maximum Gasteiger partial charge on any atom is 0.330 e. The Bertz CT molecular complexity index is 1010. The Balaban J connectivity index is 1.85. The Labute approximate surface area is 168 Å². The van der Waals surface area contributed by atoms with Crippen LogP contribution >= 0.6 is 0 Å². The van der Waals surface area contributed by atoms with Gasteiger partial charge in [0, 0.05) is 18.1 Å². The van der Waals surface area contributed by atoms with Gasteiger partial charge in [0.15, 0.2) is 0 Å². The smallest absolute Gasteiger partial charge is 0.330 e. The van der Waals surface area contributed by atoms with Gasteiger partial charge in [0.25, 0.3) is 0 Å². The minimum Gasteiger partial charge on any atom is -0.466 e. The van der Waals surface area contributed by atoms with Crippen molar-refractivity contribution in [3.8, 4) is 0 Å². The zero-order valence-electron chi connectivity index (χ0n) is 16.1. The van der Waals surface area contributed by atoms with Crippen LogP contribution in [0.2, 0.25) is 0 Å². The van der Waals surface area contributed by atoms with E-state index in [1.807, 2.05) is 30.3 Å². The summed E-state index contributed by atoms with van der Waals surface area (Å²) in [6.45, 7) is 0. The van der Waals surface area contributed by atoms with E-state index in [2.05, 4.69) is 9.47 Å². The maximum absolute atomic E-state index is 13.1. The summed E-state index contributed by atoms with van der Waals surface area (Å²) < 4.78 is 15.0. The molecule has 2 aliphatic carbocycles. The van der Waals surface area contributed by atoms with Crippen LogP contribution in [-0.2, 0) is 28.6 Å². The highest BCUT2D eigenvalue weighted by Gasteiger charge is 2.61. The van der Waals surface area contributed by atoms with Gasteiger partial charge in [-0.05, 0) is 34.8 Å². The Morgan fingerprint density at radius 2 is 1.86 bits per heavy atom. The first kappa shape index (κ1) is 18.9. The molecule has 5 rings (SSSR count). The number of carbonyl (C=O) groups is 3. The van der Waals surface area contributed by atoms with Gasteiger partial charge in [0.2, 0.25) is 0 Å². The Hall–Kier alpha value is -3.41. The van der Waals surface area contributed by atoms with E-state index >= 15 is 0 Å². The van der Waals surface area contributed by atoms with Gasteiger partial charge in [-0.15, -0.1) is 0 Å². The molecule has 1 fully saturated rings. The van der Waals surface area contributed by atoms with Gasteiger partial charge in [0.05, 0.1) is 14.2 Å². The second-order valence-electron chi connectivity index (χ2n) is 7.10. The van der Waals surface area contributed by atoms with Gasteiger partial charge in [-0.25, -0.2) is 9.59 Å². The number of esters is 3. The Kier molecular flexibility index (Phi) is 4.70. The van der Waals surface area contributed by atoms with E-state index in [-0.39, 0.29) is 11.9 Å². The summed E-state index contributed by atoms with van der Waals surface area (Å²) in [5.74, 6) is -1.32. The number of fused-ring (bicyclic) bond motifs is 2. The highest BCUT2D eigenvalue weighted by atomic mass is 16.5. The lowest BCUT2D eigenvalue weighted by molar-refractivity contribution is -0.163. The van der Waals surface area contributed by atoms with Crippen molar-refractivity contribution < 1.29 is 28.6 Å². The lowest BCUT2D eigenvalue weighted by Gasteiger charge is -2.45. The third-order valence-electron chi connectivity index (χ3n) is 5.73. The molecule has 1 saturated heterocycles. The molecule has 6 heteroatoms. The second-order valence-corrected chi connectivity index (χ2v) is 7.10. The predicted octanol–water partition coefficient (Wildman–Crippen LogP) is 2.87. The summed E-state index contributed by atoms with van der Waals surface area (Å²) in [6.07, 6.45) is 9.74. The number of benzene rings is 1. The molecule has 1 aromatic rings. The van der Waals surface area contributed by atoms with Crippen LogP contribution < -0.4 is 0 Å². The van der Waals surface area contributed by atoms with Crippen molar-refractivity contribution in [3.63, 3.8) is 0 Å². The van der Waals surface area contributed by atoms with Crippen LogP contribution in [0.1, 0.15) is 23.5 Å². The first-order chi connectivity index (χ1) is 14.0. The van der Waals surface area contributed by atoms with E-state index in [0.717, 1.165) is 22.3 Å². The molecule has 1 aromatic carbocycles. The fourth-order valence-electron chi connectivity index (χ4n) is 4.46. The molecule has 148 valence electrons. The fraction of sp³-hybridized carbons (Fsp3) is 0.261. The molecule has 2 bridgehead atoms. The van der Waals surface area contributed by atoms with Crippen LogP contribution in [0.15, 0.2) is 66.3 Å². The van der Waals surface area contributed by atoms with Crippen molar-refractivity contribution in [1.29, 1.82) is 0 Å². The van der Waals surface area contributed by atoms with E-state index in [1.54, 1.807) is 18.2 Å². The highest BCUT2D eigenvalue weighted by molar-refractivity contribution is 6.03. The van der Waals surface area contributed by atoms with Gasteiger partial charge < -0.3 is 14.2 Å². The molecule has 0 radical (unpaired) electrons. The minimum absolute atomic E-state index is 0.0574. The summed E-state index contributed by atoms with van der Waals surface area (Å²) in [4.78, 5) is 36.1. The summed E-state index contributed by atoms with van der Waals surface area (Å²) >= 11 is 0. The summed E-state index contributed by atoms with van der Waals surface area (Å²) in [7, 11) is 2.62. The molecule has 0 N–H and O–H groups in total. The van der Waals surface area contributed by atoms with Gasteiger partial charge in [0.1, 0.15) is 11.5 Å². The monoisotopic (exact) mass is 392 g/mol. The van der Waals surface area contributed by atoms with E-state index in [4.69, 9.17) is 4.74 Å². The average Bonchev–Trinajstić information content (AvgIpc) is 3.02. The largest absolute Gasteiger partial charge is 0.466 e. The molecule has 2 aliphatic heterocycles. The normalized spacial score (nSPS) is 28.3. The number of hydrogen-bond acceptors (Lipinski definition) is 6. The Morgan fingerprint density at radius 1 is 1.14 bits per heavy atom. The molecular formula is C23H20O6. The zero-order chi connectivity index (χ0) is 20.6. The minimum atomic E-state index is -0.991. The molecule has 29 heavy (non-hydrogen) atoms. The van der Waals surface area contributed by atoms with E-state index in [9.17, 15) is 14.4 Å². The number of allylic oxidation sites excluding steroid dienone is 2. The molecule has 1 spiro atoms. The van der Waals surface area contributed by atoms with Crippen molar-refractivity contribution in [2.45, 2.75) is 18.4 Å². The molecule has 0 amide bonds. The second kappa shape index (κ2) is 7.20. The van der Waals surface area contributed by atoms with Crippen LogP contribution in [0.25, 0.3) is 5.57 Å². The van der Waals surface area contributed by atoms with Crippen LogP contribution in [-0.4, -0.2) is 38.2 Å². The standard InChI is InChI=1S/C23H20O6/c1-27-20(24)9-5-8-17-15-6-3-4-7-16(15)18-12-19-14(10-11-21(25)28-2)13-23(17,18)22(26)29-19/h3-11,13,18-19H,12H2,1-2H3/b9-5+,11-10+,17-8+/t18-,19?,23-/m1/s1. The number of ether oxygens (including phenoxy) is 3. The quantitative estimate of drug-likeness (QED) is 0.445. The fourth-order valence-corrected chi connectivity index (χ4v) is 4.46. The maximum atomic E-state index is 13.1. The zero-order valence-corrected chi connectivity index (χ0v) is 16.1. The van der Waals surface area contributed by atoms with Crippen molar-refractivity contribution in [2.24, 2.45) is 5.41 Å². The average molecular weight is 392 g/mol. The molecule has 2 heterocycles. The van der Waals surface area contributed by atoms with Crippen molar-refractivity contribution >= 4 is 23.5 Å². The third kappa shape index (κ3) is 2.92. The first-order valence-corrected chi connectivity index (χ1v) is 9.27. The van der Waals surface area contributed by atoms with Crippen molar-refractivity contribution in [3.05, 3.63) is 77.4 Å². The van der Waals surface area contributed by atoms with Crippen LogP contribution in [0.5, 0.6) is 0 Å². The summed E-state index contributed by atoms with van der Waals surface area (Å²) in [5.41, 5.74) is 2.58. The lowest BCUT2D eigenvalue weighted by atomic mass is 9.64. The Morgan fingerprint density at radius 3 is 2.62 bits per heavy atom. The predicted molar refractivity (Wildman–Crippen MR) is 104 cm³/mol. The first-order valence-electron chi connectivity index (χ1n) is 9.27. The molecule has 0 saturated carbocycles. The van der Waals surface area contributed by atoms with Gasteiger partial charge in [-0.1, -0.05) is 42.5 Å². The SMILES string of the molecule is COC(=O)/C=C/C=C1\c2ccccc2[C@H]2CC3OC(=O)[C@]12C=C3/C=C/C(=O)OC. The lowest BCUT2D eigenvalue weighted by Crippen LogP contribution is -2.48. The van der Waals surface area contributed by atoms with Crippen molar-refractivity contribution in [2.75, 3.05) is 14.2 Å². The van der Waals surface area contributed by atoms with Crippen LogP contribution in [0.3, 0.4) is 0 Å².